The van der Waals surface area contributed by atoms with Crippen LogP contribution in [0.3, 0.4) is 0 Å². The maximum absolute atomic E-state index is 13.8. The van der Waals surface area contributed by atoms with Crippen molar-refractivity contribution in [1.29, 1.82) is 0 Å². The summed E-state index contributed by atoms with van der Waals surface area (Å²) in [4.78, 5) is 24.1. The highest BCUT2D eigenvalue weighted by atomic mass is 19.3. The van der Waals surface area contributed by atoms with Gasteiger partial charge in [0.2, 0.25) is 6.23 Å². The number of aliphatic hydroxyl groups excluding tert-OH is 1. The molecule has 0 unspecified atom stereocenters. The SMILES string of the molecule is CC[C@H]1O[C@@H](n2ccc(=O)[nH]c2=O)C(F)(F)[C@@H]1O. The molecule has 1 saturated heterocycles. The van der Waals surface area contributed by atoms with E-state index in [0.29, 0.717) is 4.57 Å². The lowest BCUT2D eigenvalue weighted by atomic mass is 10.1. The Labute approximate surface area is 99.8 Å². The molecule has 2 N–H and O–H groups in total. The summed E-state index contributed by atoms with van der Waals surface area (Å²) in [5, 5.41) is 9.43. The van der Waals surface area contributed by atoms with Gasteiger partial charge in [0.15, 0.2) is 0 Å². The van der Waals surface area contributed by atoms with Crippen LogP contribution in [0.15, 0.2) is 21.9 Å². The summed E-state index contributed by atoms with van der Waals surface area (Å²) in [6, 6.07) is 0.937. The Morgan fingerprint density at radius 1 is 1.56 bits per heavy atom. The first-order chi connectivity index (χ1) is 8.37. The highest BCUT2D eigenvalue weighted by Gasteiger charge is 2.58. The highest BCUT2D eigenvalue weighted by molar-refractivity contribution is 4.97. The summed E-state index contributed by atoms with van der Waals surface area (Å²) < 4.78 is 33.1. The van der Waals surface area contributed by atoms with Crippen molar-refractivity contribution >= 4 is 0 Å². The van der Waals surface area contributed by atoms with Crippen molar-refractivity contribution in [2.24, 2.45) is 0 Å². The lowest BCUT2D eigenvalue weighted by Gasteiger charge is -2.20. The van der Waals surface area contributed by atoms with Gasteiger partial charge in [-0.1, -0.05) is 6.92 Å². The van der Waals surface area contributed by atoms with Crippen LogP contribution >= 0.6 is 0 Å². The molecule has 8 heteroatoms. The average molecular weight is 262 g/mol. The Kier molecular flexibility index (Phi) is 3.07. The topological polar surface area (TPSA) is 84.3 Å². The number of aromatic nitrogens is 2. The zero-order valence-electron chi connectivity index (χ0n) is 9.47. The molecule has 1 aliphatic heterocycles. The molecule has 3 atom stereocenters. The third-order valence-corrected chi connectivity index (χ3v) is 2.89. The van der Waals surface area contributed by atoms with Gasteiger partial charge in [0.1, 0.15) is 6.10 Å². The summed E-state index contributed by atoms with van der Waals surface area (Å²) in [5.74, 6) is -3.59. The van der Waals surface area contributed by atoms with Gasteiger partial charge in [0.25, 0.3) is 5.56 Å². The molecular weight excluding hydrogens is 250 g/mol. The van der Waals surface area contributed by atoms with E-state index in [4.69, 9.17) is 4.74 Å². The molecule has 0 bridgehead atoms. The highest BCUT2D eigenvalue weighted by Crippen LogP contribution is 2.42. The lowest BCUT2D eigenvalue weighted by molar-refractivity contribution is -0.140. The van der Waals surface area contributed by atoms with E-state index < -0.39 is 35.6 Å². The number of nitrogens with zero attached hydrogens (tertiary/aromatic N) is 1. The molecule has 0 aliphatic carbocycles. The van der Waals surface area contributed by atoms with Crippen molar-refractivity contribution in [2.45, 2.75) is 37.7 Å². The van der Waals surface area contributed by atoms with Crippen LogP contribution in [0.5, 0.6) is 0 Å². The van der Waals surface area contributed by atoms with E-state index in [2.05, 4.69) is 0 Å². The maximum atomic E-state index is 13.8. The number of halogens is 2. The third kappa shape index (κ3) is 1.87. The lowest BCUT2D eigenvalue weighted by Crippen LogP contribution is -2.42. The van der Waals surface area contributed by atoms with E-state index in [-0.39, 0.29) is 6.42 Å². The van der Waals surface area contributed by atoms with Gasteiger partial charge in [0.05, 0.1) is 6.10 Å². The molecule has 1 aromatic heterocycles. The van der Waals surface area contributed by atoms with Gasteiger partial charge in [-0.2, -0.15) is 8.78 Å². The molecule has 100 valence electrons. The fourth-order valence-electron chi connectivity index (χ4n) is 1.91. The molecule has 1 aromatic rings. The monoisotopic (exact) mass is 262 g/mol. The van der Waals surface area contributed by atoms with Gasteiger partial charge in [-0.3, -0.25) is 14.3 Å². The molecule has 2 heterocycles. The smallest absolute Gasteiger partial charge is 0.330 e. The van der Waals surface area contributed by atoms with E-state index in [1.54, 1.807) is 6.92 Å². The normalized spacial score (nSPS) is 30.6. The first kappa shape index (κ1) is 12.9. The number of H-pyrrole nitrogens is 1. The molecule has 1 fully saturated rings. The standard InChI is InChI=1S/C10H12F2N2O4/c1-2-5-7(16)10(11,12)8(18-5)14-4-3-6(15)13-9(14)17/h3-5,7-8,16H,2H2,1H3,(H,13,15,17)/t5-,7-,8-/m1/s1. The molecule has 0 saturated carbocycles. The number of aliphatic hydroxyl groups is 1. The van der Waals surface area contributed by atoms with Gasteiger partial charge in [-0.25, -0.2) is 4.79 Å². The fourth-order valence-corrected chi connectivity index (χ4v) is 1.91. The molecule has 18 heavy (non-hydrogen) atoms. The predicted molar refractivity (Wildman–Crippen MR) is 56.5 cm³/mol. The second-order valence-electron chi connectivity index (χ2n) is 4.07. The minimum atomic E-state index is -3.59. The zero-order chi connectivity index (χ0) is 13.5. The summed E-state index contributed by atoms with van der Waals surface area (Å²) in [5.41, 5.74) is -1.69. The quantitative estimate of drug-likeness (QED) is 0.775. The number of nitrogens with one attached hydrogen (secondary N) is 1. The van der Waals surface area contributed by atoms with E-state index in [1.165, 1.54) is 0 Å². The summed E-state index contributed by atoms with van der Waals surface area (Å²) in [7, 11) is 0. The zero-order valence-corrected chi connectivity index (χ0v) is 9.47. The van der Waals surface area contributed by atoms with E-state index in [1.807, 2.05) is 4.98 Å². The largest absolute Gasteiger partial charge is 0.384 e. The van der Waals surface area contributed by atoms with Gasteiger partial charge < -0.3 is 9.84 Å². The van der Waals surface area contributed by atoms with E-state index in [9.17, 15) is 23.5 Å². The Hall–Kier alpha value is -1.54. The van der Waals surface area contributed by atoms with Crippen LogP contribution in [-0.2, 0) is 4.74 Å². The van der Waals surface area contributed by atoms with Gasteiger partial charge >= 0.3 is 11.6 Å². The molecule has 0 amide bonds. The van der Waals surface area contributed by atoms with Crippen LogP contribution in [0.2, 0.25) is 0 Å². The second kappa shape index (κ2) is 4.29. The van der Waals surface area contributed by atoms with Gasteiger partial charge in [-0.05, 0) is 6.42 Å². The number of hydrogen-bond donors (Lipinski definition) is 2. The summed E-state index contributed by atoms with van der Waals surface area (Å²) >= 11 is 0. The third-order valence-electron chi connectivity index (χ3n) is 2.89. The number of hydrogen-bond acceptors (Lipinski definition) is 4. The summed E-state index contributed by atoms with van der Waals surface area (Å²) in [6.07, 6.45) is -3.84. The Bertz CT molecular complexity index is 553. The van der Waals surface area contributed by atoms with Gasteiger partial charge in [-0.15, -0.1) is 0 Å². The molecule has 6 nitrogen and oxygen atoms in total. The first-order valence-electron chi connectivity index (χ1n) is 5.40. The van der Waals surface area contributed by atoms with Crippen molar-refractivity contribution in [3.63, 3.8) is 0 Å². The molecule has 2 rings (SSSR count). The maximum Gasteiger partial charge on any atom is 0.330 e. The molecule has 0 aromatic carbocycles. The molecule has 1 aliphatic rings. The predicted octanol–water partition coefficient (Wildman–Crippen LogP) is -0.160. The Morgan fingerprint density at radius 3 is 2.72 bits per heavy atom. The van der Waals surface area contributed by atoms with Gasteiger partial charge in [0, 0.05) is 12.3 Å². The van der Waals surface area contributed by atoms with Crippen LogP contribution in [0.4, 0.5) is 8.78 Å². The minimum Gasteiger partial charge on any atom is -0.384 e. The minimum absolute atomic E-state index is 0.186. The fraction of sp³-hybridized carbons (Fsp3) is 0.600. The van der Waals surface area contributed by atoms with Crippen LogP contribution < -0.4 is 11.2 Å². The van der Waals surface area contributed by atoms with Crippen LogP contribution in [-0.4, -0.2) is 32.8 Å². The van der Waals surface area contributed by atoms with Crippen molar-refractivity contribution < 1.29 is 18.6 Å². The molecule has 0 spiro atoms. The van der Waals surface area contributed by atoms with Crippen molar-refractivity contribution in [2.75, 3.05) is 0 Å². The van der Waals surface area contributed by atoms with Crippen LogP contribution in [0, 0.1) is 0 Å². The number of aromatic amines is 1. The van der Waals surface area contributed by atoms with E-state index >= 15 is 0 Å². The van der Waals surface area contributed by atoms with Crippen molar-refractivity contribution in [3.05, 3.63) is 33.1 Å². The summed E-state index contributed by atoms with van der Waals surface area (Å²) in [6.45, 7) is 1.59. The van der Waals surface area contributed by atoms with Crippen molar-refractivity contribution in [1.82, 2.24) is 9.55 Å². The molecular formula is C10H12F2N2O4. The number of alkyl halides is 2. The van der Waals surface area contributed by atoms with E-state index in [0.717, 1.165) is 12.3 Å². The average Bonchev–Trinajstić information content (AvgIpc) is 2.52. The van der Waals surface area contributed by atoms with Crippen LogP contribution in [0.25, 0.3) is 0 Å². The second-order valence-corrected chi connectivity index (χ2v) is 4.07. The molecule has 0 radical (unpaired) electrons. The number of ether oxygens (including phenoxy) is 1. The Morgan fingerprint density at radius 2 is 2.22 bits per heavy atom. The van der Waals surface area contributed by atoms with Crippen molar-refractivity contribution in [3.8, 4) is 0 Å². The van der Waals surface area contributed by atoms with Crippen LogP contribution in [0.1, 0.15) is 19.6 Å². The Balaban J connectivity index is 2.45. The number of rotatable bonds is 2. The first-order valence-corrected chi connectivity index (χ1v) is 5.40.